The van der Waals surface area contributed by atoms with Crippen LogP contribution in [0.4, 0.5) is 48.2 Å². The molecule has 3 amide bonds. The van der Waals surface area contributed by atoms with Crippen molar-refractivity contribution in [2.75, 3.05) is 10.2 Å². The van der Waals surface area contributed by atoms with Crippen LogP contribution in [-0.2, 0) is 23.7 Å². The molecule has 0 saturated carbocycles. The Morgan fingerprint density at radius 3 is 2.14 bits per heavy atom. The average molecular weight is 590 g/mol. The maximum absolute atomic E-state index is 13.6. The molecule has 0 aromatic heterocycles. The Hall–Kier alpha value is -5.06. The Morgan fingerprint density at radius 1 is 0.952 bits per heavy atom. The van der Waals surface area contributed by atoms with Crippen molar-refractivity contribution in [2.45, 2.75) is 38.3 Å². The van der Waals surface area contributed by atoms with Crippen molar-refractivity contribution < 1.29 is 45.8 Å². The first-order chi connectivity index (χ1) is 19.4. The van der Waals surface area contributed by atoms with Crippen LogP contribution in [0.3, 0.4) is 0 Å². The predicted octanol–water partition coefficient (Wildman–Crippen LogP) is 6.79. The van der Waals surface area contributed by atoms with Gasteiger partial charge in [0.25, 0.3) is 5.91 Å². The lowest BCUT2D eigenvalue weighted by Crippen LogP contribution is -2.43. The number of benzene rings is 3. The van der Waals surface area contributed by atoms with Gasteiger partial charge in [-0.1, -0.05) is 6.07 Å². The number of nitrogens with zero attached hydrogens (tertiary/aromatic N) is 3. The number of alkyl halides is 6. The molecule has 1 heterocycles. The van der Waals surface area contributed by atoms with E-state index in [2.05, 4.69) is 5.32 Å². The summed E-state index contributed by atoms with van der Waals surface area (Å²) in [6.07, 6.45) is -9.52. The zero-order valence-corrected chi connectivity index (χ0v) is 21.8. The fraction of sp³-hybridized carbons (Fsp3) is 0.214. The van der Waals surface area contributed by atoms with Crippen LogP contribution in [-0.4, -0.2) is 33.5 Å². The first kappa shape index (κ1) is 29.9. The number of amides is 3. The van der Waals surface area contributed by atoms with Crippen LogP contribution in [0, 0.1) is 11.3 Å². The van der Waals surface area contributed by atoms with Gasteiger partial charge in [0.15, 0.2) is 0 Å². The minimum atomic E-state index is -4.94. The number of carbonyl (C=O) groups excluding carboxylic acids is 2. The van der Waals surface area contributed by atoms with E-state index >= 15 is 0 Å². The fourth-order valence-corrected chi connectivity index (χ4v) is 4.36. The topological polar surface area (TPSA) is 114 Å². The Labute approximate surface area is 234 Å². The number of anilines is 3. The summed E-state index contributed by atoms with van der Waals surface area (Å²) in [7, 11) is 0. The standard InChI is InChI=1S/C28H20F6N4O4/c1-26(2)24(41)38(20-10-5-16(13-35)21(12-20)28(32,33)34)25(42)37(26)14-17-4-3-15(23(39)40)11-22(17)36-19-8-6-18(7-9-19)27(29,30)31/h3-12,36H,14H2,1-2H3,(H,39,40). The normalized spacial score (nSPS) is 15.1. The molecule has 0 aliphatic carbocycles. The highest BCUT2D eigenvalue weighted by Gasteiger charge is 2.52. The number of carboxylic acids is 1. The van der Waals surface area contributed by atoms with E-state index in [4.69, 9.17) is 5.26 Å². The van der Waals surface area contributed by atoms with Gasteiger partial charge in [0, 0.05) is 11.4 Å². The van der Waals surface area contributed by atoms with Gasteiger partial charge < -0.3 is 15.3 Å². The molecule has 0 radical (unpaired) electrons. The van der Waals surface area contributed by atoms with Gasteiger partial charge in [0.2, 0.25) is 0 Å². The summed E-state index contributed by atoms with van der Waals surface area (Å²) in [5.74, 6) is -2.16. The quantitative estimate of drug-likeness (QED) is 0.242. The third kappa shape index (κ3) is 5.58. The lowest BCUT2D eigenvalue weighted by molar-refractivity contribution is -0.138. The first-order valence-electron chi connectivity index (χ1n) is 12.0. The zero-order chi connectivity index (χ0) is 31.2. The third-order valence-corrected chi connectivity index (χ3v) is 6.69. The number of urea groups is 1. The Bertz CT molecular complexity index is 1630. The second-order valence-corrected chi connectivity index (χ2v) is 9.78. The summed E-state index contributed by atoms with van der Waals surface area (Å²) in [5.41, 5.74) is -4.59. The van der Waals surface area contributed by atoms with Crippen molar-refractivity contribution >= 4 is 35.0 Å². The molecule has 8 nitrogen and oxygen atoms in total. The van der Waals surface area contributed by atoms with Crippen LogP contribution in [0.25, 0.3) is 0 Å². The summed E-state index contributed by atoms with van der Waals surface area (Å²) >= 11 is 0. The number of nitrogens with one attached hydrogen (secondary N) is 1. The summed E-state index contributed by atoms with van der Waals surface area (Å²) in [5, 5.41) is 21.3. The number of carboxylic acid groups (broad SMARTS) is 1. The lowest BCUT2D eigenvalue weighted by atomic mass is 10.0. The minimum absolute atomic E-state index is 0.0990. The number of hydrogen-bond acceptors (Lipinski definition) is 5. The van der Waals surface area contributed by atoms with Gasteiger partial charge in [0.1, 0.15) is 5.54 Å². The van der Waals surface area contributed by atoms with Crippen molar-refractivity contribution in [1.82, 2.24) is 4.90 Å². The molecule has 1 fully saturated rings. The Morgan fingerprint density at radius 2 is 1.60 bits per heavy atom. The average Bonchev–Trinajstić information content (AvgIpc) is 3.07. The second-order valence-electron chi connectivity index (χ2n) is 9.78. The maximum atomic E-state index is 13.6. The van der Waals surface area contributed by atoms with E-state index in [9.17, 15) is 45.8 Å². The lowest BCUT2D eigenvalue weighted by Gasteiger charge is -2.28. The van der Waals surface area contributed by atoms with Gasteiger partial charge in [-0.3, -0.25) is 4.79 Å². The molecule has 4 rings (SSSR count). The molecule has 1 saturated heterocycles. The van der Waals surface area contributed by atoms with Crippen LogP contribution in [0.2, 0.25) is 0 Å². The molecule has 0 spiro atoms. The van der Waals surface area contributed by atoms with E-state index in [1.807, 2.05) is 0 Å². The number of nitriles is 1. The van der Waals surface area contributed by atoms with Crippen molar-refractivity contribution in [3.8, 4) is 6.07 Å². The van der Waals surface area contributed by atoms with Crippen molar-refractivity contribution in [3.63, 3.8) is 0 Å². The molecule has 1 aliphatic heterocycles. The van der Waals surface area contributed by atoms with Gasteiger partial charge in [-0.15, -0.1) is 0 Å². The molecule has 0 atom stereocenters. The molecule has 3 aromatic rings. The summed E-state index contributed by atoms with van der Waals surface area (Å²) < 4.78 is 79.6. The van der Waals surface area contributed by atoms with E-state index in [1.165, 1.54) is 38.1 Å². The molecule has 0 unspecified atom stereocenters. The van der Waals surface area contributed by atoms with E-state index in [1.54, 1.807) is 0 Å². The molecule has 3 aromatic carbocycles. The molecular weight excluding hydrogens is 570 g/mol. The van der Waals surface area contributed by atoms with Crippen LogP contribution >= 0.6 is 0 Å². The van der Waals surface area contributed by atoms with Crippen molar-refractivity contribution in [1.29, 1.82) is 5.26 Å². The highest BCUT2D eigenvalue weighted by molar-refractivity contribution is 6.23. The molecular formula is C28H20F6N4O4. The molecule has 0 bridgehead atoms. The number of aromatic carboxylic acids is 1. The van der Waals surface area contributed by atoms with E-state index in [0.29, 0.717) is 11.0 Å². The number of halogens is 6. The van der Waals surface area contributed by atoms with Gasteiger partial charge in [-0.25, -0.2) is 14.5 Å². The van der Waals surface area contributed by atoms with Gasteiger partial charge in [-0.2, -0.15) is 31.6 Å². The van der Waals surface area contributed by atoms with Crippen LogP contribution in [0.15, 0.2) is 60.7 Å². The second kappa shape index (κ2) is 10.4. The fourth-order valence-electron chi connectivity index (χ4n) is 4.36. The number of hydrogen-bond donors (Lipinski definition) is 2. The van der Waals surface area contributed by atoms with E-state index < -0.39 is 58.2 Å². The van der Waals surface area contributed by atoms with Crippen molar-refractivity contribution in [3.05, 3.63) is 88.5 Å². The van der Waals surface area contributed by atoms with E-state index in [-0.39, 0.29) is 29.0 Å². The molecule has 1 aliphatic rings. The van der Waals surface area contributed by atoms with Crippen molar-refractivity contribution in [2.24, 2.45) is 0 Å². The smallest absolute Gasteiger partial charge is 0.417 e. The highest BCUT2D eigenvalue weighted by atomic mass is 19.4. The SMILES string of the molecule is CC1(C)C(=O)N(c2ccc(C#N)c(C(F)(F)F)c2)C(=O)N1Cc1ccc(C(=O)O)cc1Nc1ccc(C(F)(F)F)cc1. The predicted molar refractivity (Wildman–Crippen MR) is 137 cm³/mol. The highest BCUT2D eigenvalue weighted by Crippen LogP contribution is 2.39. The molecule has 218 valence electrons. The van der Waals surface area contributed by atoms with Crippen LogP contribution in [0.5, 0.6) is 0 Å². The summed E-state index contributed by atoms with van der Waals surface area (Å²) in [4.78, 5) is 40.0. The van der Waals surface area contributed by atoms with Gasteiger partial charge >= 0.3 is 24.4 Å². The first-order valence-corrected chi connectivity index (χ1v) is 12.0. The van der Waals surface area contributed by atoms with Crippen LogP contribution < -0.4 is 10.2 Å². The van der Waals surface area contributed by atoms with E-state index in [0.717, 1.165) is 41.3 Å². The van der Waals surface area contributed by atoms with Crippen LogP contribution in [0.1, 0.15) is 46.5 Å². The zero-order valence-electron chi connectivity index (χ0n) is 21.8. The maximum Gasteiger partial charge on any atom is 0.417 e. The minimum Gasteiger partial charge on any atom is -0.478 e. The number of rotatable bonds is 6. The summed E-state index contributed by atoms with van der Waals surface area (Å²) in [6.45, 7) is 2.41. The van der Waals surface area contributed by atoms with Gasteiger partial charge in [-0.05, 0) is 74.0 Å². The third-order valence-electron chi connectivity index (χ3n) is 6.69. The molecule has 42 heavy (non-hydrogen) atoms. The number of imide groups is 1. The van der Waals surface area contributed by atoms with Gasteiger partial charge in [0.05, 0.1) is 40.6 Å². The Kier molecular flexibility index (Phi) is 7.41. The number of carbonyl (C=O) groups is 3. The molecule has 14 heteroatoms. The summed E-state index contributed by atoms with van der Waals surface area (Å²) in [6, 6.07) is 10.5. The Balaban J connectivity index is 1.71. The molecule has 2 N–H and O–H groups in total. The monoisotopic (exact) mass is 590 g/mol. The largest absolute Gasteiger partial charge is 0.478 e.